The van der Waals surface area contributed by atoms with Gasteiger partial charge in [-0.3, -0.25) is 14.4 Å². The highest BCUT2D eigenvalue weighted by Crippen LogP contribution is 2.31. The molecule has 0 unspecified atom stereocenters. The molecule has 0 aliphatic carbocycles. The lowest BCUT2D eigenvalue weighted by Crippen LogP contribution is -2.31. The second kappa shape index (κ2) is 6.41. The molecule has 1 aliphatic rings. The molecule has 1 aliphatic heterocycles. The Morgan fingerprint density at radius 2 is 1.23 bits per heavy atom. The third-order valence-corrected chi connectivity index (χ3v) is 4.45. The summed E-state index contributed by atoms with van der Waals surface area (Å²) in [4.78, 5) is 39.4. The van der Waals surface area contributed by atoms with Crippen LogP contribution in [0.3, 0.4) is 0 Å². The lowest BCUT2D eigenvalue weighted by Gasteiger charge is -2.17. The second-order valence-electron chi connectivity index (χ2n) is 6.09. The molecule has 26 heavy (non-hydrogen) atoms. The number of carbonyl (C=O) groups excluding carboxylic acids is 3. The molecular formula is C22H15NO3. The van der Waals surface area contributed by atoms with E-state index in [1.807, 2.05) is 30.3 Å². The van der Waals surface area contributed by atoms with Gasteiger partial charge in [-0.1, -0.05) is 54.6 Å². The Morgan fingerprint density at radius 1 is 0.692 bits per heavy atom. The Kier molecular flexibility index (Phi) is 3.93. The molecule has 4 heteroatoms. The average molecular weight is 341 g/mol. The molecule has 0 saturated carbocycles. The number of anilines is 1. The Hall–Kier alpha value is -3.53. The number of nitrogens with zero attached hydrogens (tertiary/aromatic N) is 1. The lowest BCUT2D eigenvalue weighted by atomic mass is 10.0. The number of para-hydroxylation sites is 1. The predicted octanol–water partition coefficient (Wildman–Crippen LogP) is 3.91. The van der Waals surface area contributed by atoms with E-state index in [4.69, 9.17) is 0 Å². The second-order valence-corrected chi connectivity index (χ2v) is 6.09. The molecule has 1 heterocycles. The number of fused-ring (bicyclic) bond motifs is 1. The minimum absolute atomic E-state index is 0.136. The largest absolute Gasteiger partial charge is 0.294 e. The van der Waals surface area contributed by atoms with Crippen LogP contribution in [0.25, 0.3) is 0 Å². The fourth-order valence-electron chi connectivity index (χ4n) is 3.19. The highest BCUT2D eigenvalue weighted by molar-refractivity contribution is 6.35. The van der Waals surface area contributed by atoms with Crippen LogP contribution in [0.4, 0.5) is 5.69 Å². The van der Waals surface area contributed by atoms with Crippen molar-refractivity contribution in [1.29, 1.82) is 0 Å². The number of hydrogen-bond donors (Lipinski definition) is 0. The van der Waals surface area contributed by atoms with Crippen LogP contribution in [-0.2, 0) is 6.42 Å². The summed E-state index contributed by atoms with van der Waals surface area (Å²) in [6.45, 7) is 0. The first kappa shape index (κ1) is 16.0. The summed E-state index contributed by atoms with van der Waals surface area (Å²) in [6, 6.07) is 22.8. The van der Waals surface area contributed by atoms with E-state index in [2.05, 4.69) is 0 Å². The molecule has 3 aromatic carbocycles. The topological polar surface area (TPSA) is 54.5 Å². The summed E-state index contributed by atoms with van der Waals surface area (Å²) in [6.07, 6.45) is 0.209. The molecule has 0 spiro atoms. The number of ketones is 1. The minimum Gasteiger partial charge on any atom is -0.294 e. The van der Waals surface area contributed by atoms with Gasteiger partial charge in [0.1, 0.15) is 0 Å². The Morgan fingerprint density at radius 3 is 1.88 bits per heavy atom. The summed E-state index contributed by atoms with van der Waals surface area (Å²) in [5.41, 5.74) is 2.31. The number of rotatable bonds is 4. The number of Topliss-reactive ketones (excluding diaryl/α,β-unsaturated/α-hetero) is 1. The van der Waals surface area contributed by atoms with Crippen molar-refractivity contribution in [3.05, 3.63) is 101 Å². The van der Waals surface area contributed by atoms with Crippen LogP contribution < -0.4 is 4.90 Å². The molecule has 2 amide bonds. The van der Waals surface area contributed by atoms with Crippen LogP contribution in [0.2, 0.25) is 0 Å². The quantitative estimate of drug-likeness (QED) is 0.534. The van der Waals surface area contributed by atoms with E-state index in [1.54, 1.807) is 48.5 Å². The summed E-state index contributed by atoms with van der Waals surface area (Å²) in [7, 11) is 0. The van der Waals surface area contributed by atoms with Crippen LogP contribution >= 0.6 is 0 Å². The van der Waals surface area contributed by atoms with Gasteiger partial charge >= 0.3 is 0 Å². The molecule has 0 fully saturated rings. The minimum atomic E-state index is -0.398. The molecule has 0 bridgehead atoms. The zero-order valence-corrected chi connectivity index (χ0v) is 13.9. The van der Waals surface area contributed by atoms with Gasteiger partial charge < -0.3 is 0 Å². The van der Waals surface area contributed by atoms with Gasteiger partial charge in [0.15, 0.2) is 5.78 Å². The van der Waals surface area contributed by atoms with Crippen molar-refractivity contribution >= 4 is 23.3 Å². The smallest absolute Gasteiger partial charge is 0.266 e. The zero-order valence-electron chi connectivity index (χ0n) is 13.9. The Labute approximate surface area is 150 Å². The van der Waals surface area contributed by atoms with E-state index < -0.39 is 11.8 Å². The first-order valence-corrected chi connectivity index (χ1v) is 8.31. The van der Waals surface area contributed by atoms with Crippen molar-refractivity contribution < 1.29 is 14.4 Å². The number of benzene rings is 3. The van der Waals surface area contributed by atoms with Crippen molar-refractivity contribution in [2.45, 2.75) is 6.42 Å². The van der Waals surface area contributed by atoms with Gasteiger partial charge in [0.25, 0.3) is 11.8 Å². The van der Waals surface area contributed by atoms with Gasteiger partial charge in [0, 0.05) is 12.0 Å². The fourth-order valence-corrected chi connectivity index (χ4v) is 3.19. The summed E-state index contributed by atoms with van der Waals surface area (Å²) in [5.74, 6) is -0.931. The van der Waals surface area contributed by atoms with Crippen LogP contribution in [0.15, 0.2) is 78.9 Å². The van der Waals surface area contributed by atoms with Gasteiger partial charge in [0.2, 0.25) is 0 Å². The summed E-state index contributed by atoms with van der Waals surface area (Å²) < 4.78 is 0. The number of amides is 2. The maximum atomic E-state index is 12.8. The highest BCUT2D eigenvalue weighted by atomic mass is 16.2. The van der Waals surface area contributed by atoms with Crippen LogP contribution in [0.5, 0.6) is 0 Å². The van der Waals surface area contributed by atoms with Crippen molar-refractivity contribution in [1.82, 2.24) is 0 Å². The zero-order chi connectivity index (χ0) is 18.1. The normalized spacial score (nSPS) is 13.0. The number of hydrogen-bond acceptors (Lipinski definition) is 3. The van der Waals surface area contributed by atoms with Gasteiger partial charge in [0.05, 0.1) is 16.8 Å². The molecule has 126 valence electrons. The first-order chi connectivity index (χ1) is 12.7. The maximum Gasteiger partial charge on any atom is 0.266 e. The lowest BCUT2D eigenvalue weighted by molar-refractivity contribution is 0.0926. The van der Waals surface area contributed by atoms with E-state index in [0.29, 0.717) is 22.4 Å². The monoisotopic (exact) mass is 341 g/mol. The molecule has 0 aromatic heterocycles. The van der Waals surface area contributed by atoms with E-state index in [-0.39, 0.29) is 12.2 Å². The molecular weight excluding hydrogens is 326 g/mol. The van der Waals surface area contributed by atoms with Gasteiger partial charge in [-0.25, -0.2) is 4.90 Å². The number of imide groups is 1. The van der Waals surface area contributed by atoms with Crippen LogP contribution in [-0.4, -0.2) is 17.6 Å². The van der Waals surface area contributed by atoms with Crippen molar-refractivity contribution in [3.63, 3.8) is 0 Å². The van der Waals surface area contributed by atoms with Crippen LogP contribution in [0.1, 0.15) is 36.6 Å². The SMILES string of the molecule is O=C(Cc1ccccc1)c1ccccc1N1C(=O)c2ccccc2C1=O. The molecule has 0 N–H and O–H groups in total. The molecule has 0 atom stereocenters. The van der Waals surface area contributed by atoms with E-state index in [0.717, 1.165) is 10.5 Å². The summed E-state index contributed by atoms with van der Waals surface area (Å²) >= 11 is 0. The Balaban J connectivity index is 1.72. The third kappa shape index (κ3) is 2.62. The van der Waals surface area contributed by atoms with Crippen molar-refractivity contribution in [2.24, 2.45) is 0 Å². The molecule has 4 nitrogen and oxygen atoms in total. The molecule has 3 aromatic rings. The molecule has 4 rings (SSSR count). The van der Waals surface area contributed by atoms with Crippen LogP contribution in [0, 0.1) is 0 Å². The van der Waals surface area contributed by atoms with Crippen molar-refractivity contribution in [3.8, 4) is 0 Å². The molecule has 0 saturated heterocycles. The molecule has 0 radical (unpaired) electrons. The summed E-state index contributed by atoms with van der Waals surface area (Å²) in [5, 5.41) is 0. The maximum absolute atomic E-state index is 12.8. The van der Waals surface area contributed by atoms with Gasteiger partial charge in [-0.05, 0) is 29.8 Å². The first-order valence-electron chi connectivity index (χ1n) is 8.31. The third-order valence-electron chi connectivity index (χ3n) is 4.45. The highest BCUT2D eigenvalue weighted by Gasteiger charge is 2.37. The predicted molar refractivity (Wildman–Crippen MR) is 98.5 cm³/mol. The van der Waals surface area contributed by atoms with Crippen molar-refractivity contribution in [2.75, 3.05) is 4.90 Å². The standard InChI is InChI=1S/C22H15NO3/c24-20(14-15-8-2-1-3-9-15)18-12-6-7-13-19(18)23-21(25)16-10-4-5-11-17(16)22(23)26/h1-13H,14H2. The van der Waals surface area contributed by atoms with E-state index >= 15 is 0 Å². The van der Waals surface area contributed by atoms with Gasteiger partial charge in [-0.15, -0.1) is 0 Å². The Bertz CT molecular complexity index is 989. The average Bonchev–Trinajstić information content (AvgIpc) is 2.93. The van der Waals surface area contributed by atoms with Gasteiger partial charge in [-0.2, -0.15) is 0 Å². The van der Waals surface area contributed by atoms with E-state index in [9.17, 15) is 14.4 Å². The number of carbonyl (C=O) groups is 3. The van der Waals surface area contributed by atoms with E-state index in [1.165, 1.54) is 0 Å². The fraction of sp³-hybridized carbons (Fsp3) is 0.0455.